The van der Waals surface area contributed by atoms with E-state index in [0.29, 0.717) is 13.2 Å². The number of rotatable bonds is 1. The van der Waals surface area contributed by atoms with Crippen molar-refractivity contribution in [1.82, 2.24) is 0 Å². The van der Waals surface area contributed by atoms with Gasteiger partial charge in [0.05, 0.1) is 13.2 Å². The fourth-order valence-corrected chi connectivity index (χ4v) is 1.64. The Hall–Kier alpha value is -0.160. The molecule has 1 saturated heterocycles. The number of hydrogen-bond acceptors (Lipinski definition) is 4. The Labute approximate surface area is 94.4 Å². The quantitative estimate of drug-likeness (QED) is 0.719. The second-order valence-corrected chi connectivity index (χ2v) is 4.49. The predicted octanol–water partition coefficient (Wildman–Crippen LogP) is 2.32. The third-order valence-corrected chi connectivity index (χ3v) is 2.64. The molecule has 1 aromatic carbocycles. The lowest BCUT2D eigenvalue weighted by Crippen LogP contribution is -2.27. The molecule has 0 amide bonds. The van der Waals surface area contributed by atoms with Crippen LogP contribution in [0.1, 0.15) is 11.9 Å². The highest BCUT2D eigenvalue weighted by atomic mass is 32.1. The van der Waals surface area contributed by atoms with Crippen LogP contribution in [0.3, 0.4) is 0 Å². The molecule has 0 saturated carbocycles. The molecule has 1 aromatic rings. The van der Waals surface area contributed by atoms with Gasteiger partial charge in [0.1, 0.15) is 0 Å². The lowest BCUT2D eigenvalue weighted by molar-refractivity contribution is -0.179. The van der Waals surface area contributed by atoms with Gasteiger partial charge in [0.15, 0.2) is 6.29 Å². The van der Waals surface area contributed by atoms with Crippen molar-refractivity contribution in [2.45, 2.75) is 16.4 Å². The first-order valence-corrected chi connectivity index (χ1v) is 5.42. The number of thiol groups is 2. The van der Waals surface area contributed by atoms with Gasteiger partial charge in [-0.15, -0.1) is 12.6 Å². The van der Waals surface area contributed by atoms with Crippen molar-refractivity contribution >= 4 is 25.3 Å². The van der Waals surface area contributed by atoms with Gasteiger partial charge in [-0.3, -0.25) is 0 Å². The van der Waals surface area contributed by atoms with Crippen LogP contribution in [0.25, 0.3) is 0 Å². The Morgan fingerprint density at radius 2 is 1.64 bits per heavy atom. The summed E-state index contributed by atoms with van der Waals surface area (Å²) in [6.45, 7) is 1.27. The second kappa shape index (κ2) is 4.57. The van der Waals surface area contributed by atoms with Gasteiger partial charge in [0, 0.05) is 15.7 Å². The van der Waals surface area contributed by atoms with Gasteiger partial charge in [0.2, 0.25) is 0 Å². The summed E-state index contributed by atoms with van der Waals surface area (Å²) in [6.07, 6.45) is -0.243. The second-order valence-electron chi connectivity index (χ2n) is 3.24. The Morgan fingerprint density at radius 3 is 2.21 bits per heavy atom. The summed E-state index contributed by atoms with van der Waals surface area (Å²) < 4.78 is 11.0. The summed E-state index contributed by atoms with van der Waals surface area (Å²) in [5, 5.41) is 0.190. The molecule has 0 aromatic heterocycles. The van der Waals surface area contributed by atoms with E-state index in [1.54, 1.807) is 0 Å². The zero-order valence-corrected chi connectivity index (χ0v) is 9.38. The monoisotopic (exact) mass is 228 g/mol. The van der Waals surface area contributed by atoms with Crippen molar-refractivity contribution in [3.63, 3.8) is 0 Å². The van der Waals surface area contributed by atoms with E-state index < -0.39 is 0 Å². The minimum absolute atomic E-state index is 0.190. The van der Waals surface area contributed by atoms with Crippen LogP contribution in [0.4, 0.5) is 0 Å². The van der Waals surface area contributed by atoms with Crippen LogP contribution in [0.5, 0.6) is 0 Å². The van der Waals surface area contributed by atoms with E-state index in [9.17, 15) is 0 Å². The molecule has 76 valence electrons. The highest BCUT2D eigenvalue weighted by Crippen LogP contribution is 2.24. The Kier molecular flexibility index (Phi) is 3.38. The molecule has 0 atom stereocenters. The molecule has 2 rings (SSSR count). The zero-order valence-electron chi connectivity index (χ0n) is 7.59. The van der Waals surface area contributed by atoms with Crippen molar-refractivity contribution in [2.24, 2.45) is 0 Å². The molecular weight excluding hydrogens is 216 g/mol. The first-order valence-electron chi connectivity index (χ1n) is 4.46. The van der Waals surface area contributed by atoms with Crippen molar-refractivity contribution in [3.8, 4) is 0 Å². The van der Waals surface area contributed by atoms with E-state index in [1.807, 2.05) is 24.3 Å². The van der Waals surface area contributed by atoms with Crippen LogP contribution < -0.4 is 0 Å². The van der Waals surface area contributed by atoms with Crippen molar-refractivity contribution in [1.29, 1.82) is 0 Å². The molecule has 0 unspecified atom stereocenters. The molecule has 14 heavy (non-hydrogen) atoms. The summed E-state index contributed by atoms with van der Waals surface area (Å²) in [6, 6.07) is 7.79. The maximum atomic E-state index is 5.49. The molecule has 1 fully saturated rings. The number of ether oxygens (including phenoxy) is 2. The van der Waals surface area contributed by atoms with Crippen LogP contribution in [0.2, 0.25) is 0 Å². The smallest absolute Gasteiger partial charge is 0.183 e. The SMILES string of the molecule is Sc1ccc(C2OCC(S)CO2)cc1. The van der Waals surface area contributed by atoms with Gasteiger partial charge in [-0.2, -0.15) is 12.6 Å². The van der Waals surface area contributed by atoms with E-state index in [4.69, 9.17) is 9.47 Å². The van der Waals surface area contributed by atoms with Crippen LogP contribution in [0, 0.1) is 0 Å². The molecule has 1 aliphatic heterocycles. The van der Waals surface area contributed by atoms with Crippen molar-refractivity contribution < 1.29 is 9.47 Å². The minimum atomic E-state index is -0.243. The van der Waals surface area contributed by atoms with Gasteiger partial charge in [-0.1, -0.05) is 12.1 Å². The molecule has 0 N–H and O–H groups in total. The van der Waals surface area contributed by atoms with Crippen LogP contribution >= 0.6 is 25.3 Å². The van der Waals surface area contributed by atoms with Crippen molar-refractivity contribution in [2.75, 3.05) is 13.2 Å². The summed E-state index contributed by atoms with van der Waals surface area (Å²) in [5.74, 6) is 0. The largest absolute Gasteiger partial charge is 0.347 e. The first-order chi connectivity index (χ1) is 6.75. The lowest BCUT2D eigenvalue weighted by Gasteiger charge is -2.27. The van der Waals surface area contributed by atoms with E-state index in [0.717, 1.165) is 10.5 Å². The summed E-state index contributed by atoms with van der Waals surface area (Å²) >= 11 is 8.48. The van der Waals surface area contributed by atoms with Gasteiger partial charge in [-0.25, -0.2) is 0 Å². The van der Waals surface area contributed by atoms with E-state index >= 15 is 0 Å². The lowest BCUT2D eigenvalue weighted by atomic mass is 10.2. The molecule has 0 radical (unpaired) electrons. The summed E-state index contributed by atoms with van der Waals surface area (Å²) in [5.41, 5.74) is 1.03. The van der Waals surface area contributed by atoms with Crippen LogP contribution in [-0.2, 0) is 9.47 Å². The standard InChI is InChI=1S/C10H12O2S2/c13-8-3-1-7(2-4-8)10-11-5-9(14)6-12-10/h1-4,9-10,13-14H,5-6H2. The maximum absolute atomic E-state index is 5.49. The van der Waals surface area contributed by atoms with Gasteiger partial charge >= 0.3 is 0 Å². The Bertz CT molecular complexity index is 291. The summed E-state index contributed by atoms with van der Waals surface area (Å²) in [7, 11) is 0. The average Bonchev–Trinajstić information content (AvgIpc) is 2.21. The number of hydrogen-bond donors (Lipinski definition) is 2. The van der Waals surface area contributed by atoms with E-state index in [2.05, 4.69) is 25.3 Å². The average molecular weight is 228 g/mol. The molecular formula is C10H12O2S2. The highest BCUT2D eigenvalue weighted by molar-refractivity contribution is 7.81. The normalized spacial score (nSPS) is 27.6. The first kappa shape index (κ1) is 10.4. The summed E-state index contributed by atoms with van der Waals surface area (Å²) in [4.78, 5) is 0.941. The van der Waals surface area contributed by atoms with Gasteiger partial charge in [0.25, 0.3) is 0 Å². The zero-order chi connectivity index (χ0) is 9.97. The Morgan fingerprint density at radius 1 is 1.07 bits per heavy atom. The fraction of sp³-hybridized carbons (Fsp3) is 0.400. The molecule has 4 heteroatoms. The number of benzene rings is 1. The topological polar surface area (TPSA) is 18.5 Å². The van der Waals surface area contributed by atoms with E-state index in [1.165, 1.54) is 0 Å². The molecule has 0 bridgehead atoms. The van der Waals surface area contributed by atoms with Gasteiger partial charge in [-0.05, 0) is 12.1 Å². The molecule has 2 nitrogen and oxygen atoms in total. The minimum Gasteiger partial charge on any atom is -0.347 e. The molecule has 1 aliphatic rings. The molecule has 0 aliphatic carbocycles. The molecule has 1 heterocycles. The maximum Gasteiger partial charge on any atom is 0.183 e. The van der Waals surface area contributed by atoms with Crippen LogP contribution in [0.15, 0.2) is 29.2 Å². The Balaban J connectivity index is 2.05. The van der Waals surface area contributed by atoms with Crippen molar-refractivity contribution in [3.05, 3.63) is 29.8 Å². The third kappa shape index (κ3) is 2.45. The van der Waals surface area contributed by atoms with Gasteiger partial charge < -0.3 is 9.47 Å². The van der Waals surface area contributed by atoms with Crippen LogP contribution in [-0.4, -0.2) is 18.5 Å². The van der Waals surface area contributed by atoms with E-state index in [-0.39, 0.29) is 11.5 Å². The molecule has 0 spiro atoms. The third-order valence-electron chi connectivity index (χ3n) is 2.05. The highest BCUT2D eigenvalue weighted by Gasteiger charge is 2.20. The predicted molar refractivity (Wildman–Crippen MR) is 61.1 cm³/mol. The fourth-order valence-electron chi connectivity index (χ4n) is 1.32.